The molecule has 1 aromatic heterocycles. The van der Waals surface area contributed by atoms with Gasteiger partial charge in [-0.15, -0.1) is 24.0 Å². The van der Waals surface area contributed by atoms with Crippen molar-refractivity contribution in [1.82, 2.24) is 14.7 Å². The van der Waals surface area contributed by atoms with E-state index in [1.54, 1.807) is 0 Å². The Hall–Kier alpha value is -0.790. The molecular formula is C16H30IN5. The molecule has 0 saturated carbocycles. The fourth-order valence-corrected chi connectivity index (χ4v) is 2.86. The quantitative estimate of drug-likeness (QED) is 0.464. The molecule has 1 fully saturated rings. The zero-order valence-corrected chi connectivity index (χ0v) is 16.4. The minimum absolute atomic E-state index is 0. The van der Waals surface area contributed by atoms with Gasteiger partial charge >= 0.3 is 0 Å². The molecule has 22 heavy (non-hydrogen) atoms. The minimum atomic E-state index is 0. The van der Waals surface area contributed by atoms with E-state index in [9.17, 15) is 0 Å². The lowest BCUT2D eigenvalue weighted by Gasteiger charge is -2.21. The molecule has 0 aliphatic carbocycles. The van der Waals surface area contributed by atoms with E-state index in [1.807, 2.05) is 6.92 Å². The molecule has 0 radical (unpaired) electrons. The van der Waals surface area contributed by atoms with Gasteiger partial charge < -0.3 is 10.6 Å². The molecular weight excluding hydrogens is 389 g/mol. The Kier molecular flexibility index (Phi) is 8.20. The second-order valence-electron chi connectivity index (χ2n) is 6.31. The number of likely N-dealkylation sites (tertiary alicyclic amines) is 1. The SMILES string of the molecule is Cc1cc(C)n(CC(C)CN=C(N)N2CCCCCC2)n1.I. The molecule has 0 amide bonds. The third kappa shape index (κ3) is 5.78. The molecule has 2 rings (SSSR count). The summed E-state index contributed by atoms with van der Waals surface area (Å²) in [5.41, 5.74) is 8.44. The Labute approximate surface area is 151 Å². The Bertz CT molecular complexity index is 475. The van der Waals surface area contributed by atoms with Gasteiger partial charge in [0.15, 0.2) is 5.96 Å². The third-order valence-corrected chi connectivity index (χ3v) is 4.08. The summed E-state index contributed by atoms with van der Waals surface area (Å²) >= 11 is 0. The van der Waals surface area contributed by atoms with Crippen LogP contribution in [0.2, 0.25) is 0 Å². The molecule has 1 unspecified atom stereocenters. The van der Waals surface area contributed by atoms with Crippen molar-refractivity contribution in [3.05, 3.63) is 17.5 Å². The van der Waals surface area contributed by atoms with Gasteiger partial charge in [-0.05, 0) is 38.7 Å². The monoisotopic (exact) mass is 419 g/mol. The van der Waals surface area contributed by atoms with Gasteiger partial charge in [0, 0.05) is 31.9 Å². The van der Waals surface area contributed by atoms with E-state index in [1.165, 1.54) is 31.4 Å². The minimum Gasteiger partial charge on any atom is -0.370 e. The first-order valence-corrected chi connectivity index (χ1v) is 8.12. The van der Waals surface area contributed by atoms with E-state index < -0.39 is 0 Å². The van der Waals surface area contributed by atoms with E-state index in [-0.39, 0.29) is 24.0 Å². The largest absolute Gasteiger partial charge is 0.370 e. The normalized spacial score (nSPS) is 17.8. The van der Waals surface area contributed by atoms with Crippen LogP contribution in [0, 0.1) is 19.8 Å². The third-order valence-electron chi connectivity index (χ3n) is 4.08. The van der Waals surface area contributed by atoms with Crippen molar-refractivity contribution in [1.29, 1.82) is 0 Å². The van der Waals surface area contributed by atoms with Crippen LogP contribution in [0.15, 0.2) is 11.1 Å². The first-order valence-electron chi connectivity index (χ1n) is 8.12. The van der Waals surface area contributed by atoms with Gasteiger partial charge in [0.05, 0.1) is 5.69 Å². The summed E-state index contributed by atoms with van der Waals surface area (Å²) in [5.74, 6) is 1.16. The first kappa shape index (κ1) is 19.3. The van der Waals surface area contributed by atoms with Crippen LogP contribution in [0.3, 0.4) is 0 Å². The second kappa shape index (κ2) is 9.37. The van der Waals surface area contributed by atoms with Crippen molar-refractivity contribution in [2.24, 2.45) is 16.6 Å². The molecule has 2 N–H and O–H groups in total. The summed E-state index contributed by atoms with van der Waals surface area (Å²) in [7, 11) is 0. The lowest BCUT2D eigenvalue weighted by molar-refractivity contribution is 0.418. The van der Waals surface area contributed by atoms with Crippen LogP contribution >= 0.6 is 24.0 Å². The highest BCUT2D eigenvalue weighted by Crippen LogP contribution is 2.10. The number of nitrogens with zero attached hydrogens (tertiary/aromatic N) is 4. The number of hydrogen-bond donors (Lipinski definition) is 1. The number of aryl methyl sites for hydroxylation is 2. The summed E-state index contributed by atoms with van der Waals surface area (Å²) < 4.78 is 2.07. The van der Waals surface area contributed by atoms with E-state index in [0.29, 0.717) is 5.92 Å². The summed E-state index contributed by atoms with van der Waals surface area (Å²) in [6, 6.07) is 2.11. The van der Waals surface area contributed by atoms with E-state index >= 15 is 0 Å². The van der Waals surface area contributed by atoms with Crippen molar-refractivity contribution in [2.75, 3.05) is 19.6 Å². The van der Waals surface area contributed by atoms with Crippen LogP contribution in [0.4, 0.5) is 0 Å². The lowest BCUT2D eigenvalue weighted by atomic mass is 10.2. The van der Waals surface area contributed by atoms with Crippen molar-refractivity contribution in [3.8, 4) is 0 Å². The molecule has 0 bridgehead atoms. The Morgan fingerprint density at radius 2 is 1.91 bits per heavy atom. The van der Waals surface area contributed by atoms with Gasteiger partial charge in [-0.1, -0.05) is 19.8 Å². The first-order chi connectivity index (χ1) is 10.1. The van der Waals surface area contributed by atoms with Crippen LogP contribution in [0.5, 0.6) is 0 Å². The highest BCUT2D eigenvalue weighted by molar-refractivity contribution is 14.0. The van der Waals surface area contributed by atoms with Crippen molar-refractivity contribution < 1.29 is 0 Å². The smallest absolute Gasteiger partial charge is 0.191 e. The van der Waals surface area contributed by atoms with Crippen LogP contribution in [-0.2, 0) is 6.54 Å². The molecule has 1 aliphatic rings. The molecule has 6 heteroatoms. The number of halogens is 1. The molecule has 1 saturated heterocycles. The standard InChI is InChI=1S/C16H29N5.HI/c1-13(12-21-15(3)10-14(2)19-21)11-18-16(17)20-8-6-4-5-7-9-20;/h10,13H,4-9,11-12H2,1-3H3,(H2,17,18);1H. The number of hydrogen-bond acceptors (Lipinski definition) is 2. The topological polar surface area (TPSA) is 59.4 Å². The Morgan fingerprint density at radius 3 is 2.45 bits per heavy atom. The molecule has 1 atom stereocenters. The maximum absolute atomic E-state index is 6.15. The summed E-state index contributed by atoms with van der Waals surface area (Å²) in [4.78, 5) is 6.84. The fraction of sp³-hybridized carbons (Fsp3) is 0.750. The van der Waals surface area contributed by atoms with Crippen LogP contribution in [-0.4, -0.2) is 40.3 Å². The maximum atomic E-state index is 6.15. The molecule has 0 aromatic carbocycles. The van der Waals surface area contributed by atoms with Gasteiger partial charge in [0.1, 0.15) is 0 Å². The van der Waals surface area contributed by atoms with E-state index in [4.69, 9.17) is 5.73 Å². The van der Waals surface area contributed by atoms with Gasteiger partial charge in [0.2, 0.25) is 0 Å². The molecule has 0 spiro atoms. The van der Waals surface area contributed by atoms with E-state index in [2.05, 4.69) is 39.6 Å². The van der Waals surface area contributed by atoms with Gasteiger partial charge in [-0.3, -0.25) is 9.67 Å². The summed E-state index contributed by atoms with van der Waals surface area (Å²) in [6.45, 7) is 10.1. The molecule has 1 aromatic rings. The highest BCUT2D eigenvalue weighted by Gasteiger charge is 2.12. The van der Waals surface area contributed by atoms with Crippen molar-refractivity contribution in [2.45, 2.75) is 53.0 Å². The number of guanidine groups is 1. The summed E-state index contributed by atoms with van der Waals surface area (Å²) in [6.07, 6.45) is 5.10. The van der Waals surface area contributed by atoms with Crippen molar-refractivity contribution >= 4 is 29.9 Å². The molecule has 2 heterocycles. The zero-order chi connectivity index (χ0) is 15.2. The summed E-state index contributed by atoms with van der Waals surface area (Å²) in [5, 5.41) is 4.51. The van der Waals surface area contributed by atoms with Crippen LogP contribution < -0.4 is 5.73 Å². The van der Waals surface area contributed by atoms with Gasteiger partial charge in [0.25, 0.3) is 0 Å². The van der Waals surface area contributed by atoms with Crippen LogP contribution in [0.25, 0.3) is 0 Å². The number of aliphatic imine (C=N–C) groups is 1. The Morgan fingerprint density at radius 1 is 1.27 bits per heavy atom. The highest BCUT2D eigenvalue weighted by atomic mass is 127. The second-order valence-corrected chi connectivity index (χ2v) is 6.31. The molecule has 1 aliphatic heterocycles. The number of nitrogens with two attached hydrogens (primary N) is 1. The Balaban J connectivity index is 0.00000242. The zero-order valence-electron chi connectivity index (χ0n) is 14.1. The van der Waals surface area contributed by atoms with E-state index in [0.717, 1.165) is 37.8 Å². The predicted molar refractivity (Wildman–Crippen MR) is 103 cm³/mol. The molecule has 126 valence electrons. The number of aromatic nitrogens is 2. The maximum Gasteiger partial charge on any atom is 0.191 e. The molecule has 5 nitrogen and oxygen atoms in total. The number of rotatable bonds is 4. The van der Waals surface area contributed by atoms with Crippen LogP contribution in [0.1, 0.15) is 44.0 Å². The van der Waals surface area contributed by atoms with Gasteiger partial charge in [-0.2, -0.15) is 5.10 Å². The average Bonchev–Trinajstić information content (AvgIpc) is 2.68. The van der Waals surface area contributed by atoms with Crippen molar-refractivity contribution in [3.63, 3.8) is 0 Å². The average molecular weight is 419 g/mol. The predicted octanol–water partition coefficient (Wildman–Crippen LogP) is 2.94. The fourth-order valence-electron chi connectivity index (χ4n) is 2.86. The lowest BCUT2D eigenvalue weighted by Crippen LogP contribution is -2.38. The van der Waals surface area contributed by atoms with Gasteiger partial charge in [-0.25, -0.2) is 0 Å².